The highest BCUT2D eigenvalue weighted by Gasteiger charge is 2.29. The monoisotopic (exact) mass is 545 g/mol. The van der Waals surface area contributed by atoms with Gasteiger partial charge in [0.2, 0.25) is 11.7 Å². The van der Waals surface area contributed by atoms with Crippen LogP contribution in [0.3, 0.4) is 0 Å². The Bertz CT molecular complexity index is 1530. The van der Waals surface area contributed by atoms with Crippen molar-refractivity contribution in [2.24, 2.45) is 0 Å². The van der Waals surface area contributed by atoms with E-state index in [1.807, 2.05) is 30.5 Å². The van der Waals surface area contributed by atoms with Gasteiger partial charge in [0.15, 0.2) is 5.82 Å². The number of pyridine rings is 1. The summed E-state index contributed by atoms with van der Waals surface area (Å²) in [5.74, 6) is 0.789. The van der Waals surface area contributed by atoms with Gasteiger partial charge in [0, 0.05) is 42.8 Å². The molecule has 12 nitrogen and oxygen atoms in total. The predicted octanol–water partition coefficient (Wildman–Crippen LogP) is 4.14. The molecule has 3 amide bonds. The van der Waals surface area contributed by atoms with E-state index >= 15 is 0 Å². The van der Waals surface area contributed by atoms with E-state index in [0.717, 1.165) is 22.5 Å². The molecule has 4 aromatic rings. The Balaban J connectivity index is 1.19. The number of benzene rings is 1. The zero-order valence-electron chi connectivity index (χ0n) is 20.6. The van der Waals surface area contributed by atoms with Crippen molar-refractivity contribution in [3.63, 3.8) is 0 Å². The average Bonchev–Trinajstić information content (AvgIpc) is 3.63. The molecule has 6 bridgehead atoms. The van der Waals surface area contributed by atoms with Crippen LogP contribution in [0.1, 0.15) is 28.1 Å². The number of urea groups is 1. The average molecular weight is 546 g/mol. The van der Waals surface area contributed by atoms with E-state index in [4.69, 9.17) is 16.1 Å². The second-order valence-electron chi connectivity index (χ2n) is 9.31. The summed E-state index contributed by atoms with van der Waals surface area (Å²) in [6.45, 7) is 0.910. The molecule has 39 heavy (non-hydrogen) atoms. The van der Waals surface area contributed by atoms with Gasteiger partial charge in [0.25, 0.3) is 5.91 Å². The number of carbonyl (C=O) groups excluding carboxylic acids is 2. The van der Waals surface area contributed by atoms with Crippen molar-refractivity contribution < 1.29 is 14.1 Å². The number of carbonyl (C=O) groups is 2. The molecule has 13 heteroatoms. The van der Waals surface area contributed by atoms with Crippen LogP contribution in [0.2, 0.25) is 5.02 Å². The number of aryl methyl sites for hydroxylation is 2. The maximum atomic E-state index is 12.9. The van der Waals surface area contributed by atoms with Crippen molar-refractivity contribution in [2.75, 3.05) is 29.0 Å². The third-order valence-electron chi connectivity index (χ3n) is 6.55. The van der Waals surface area contributed by atoms with Crippen molar-refractivity contribution in [1.29, 1.82) is 0 Å². The Morgan fingerprint density at radius 3 is 2.87 bits per heavy atom. The van der Waals surface area contributed by atoms with Crippen LogP contribution < -0.4 is 21.3 Å². The number of hydrogen-bond donors (Lipinski definition) is 4. The molecular weight excluding hydrogens is 522 g/mol. The molecule has 1 saturated heterocycles. The number of anilines is 5. The molecular formula is C26H24ClN9O3. The molecule has 198 valence electrons. The molecule has 1 atom stereocenters. The van der Waals surface area contributed by atoms with Gasteiger partial charge in [-0.25, -0.2) is 9.78 Å². The van der Waals surface area contributed by atoms with Crippen molar-refractivity contribution in [1.82, 2.24) is 30.3 Å². The van der Waals surface area contributed by atoms with E-state index in [-0.39, 0.29) is 23.7 Å². The van der Waals surface area contributed by atoms with Gasteiger partial charge >= 0.3 is 6.03 Å². The van der Waals surface area contributed by atoms with Crippen molar-refractivity contribution >= 4 is 52.4 Å². The molecule has 6 rings (SSSR count). The van der Waals surface area contributed by atoms with Crippen LogP contribution in [0.15, 0.2) is 59.6 Å². The minimum Gasteiger partial charge on any atom is -0.351 e. The van der Waals surface area contributed by atoms with Crippen LogP contribution in [-0.2, 0) is 12.8 Å². The lowest BCUT2D eigenvalue weighted by molar-refractivity contribution is 0.0748. The highest BCUT2D eigenvalue weighted by Crippen LogP contribution is 2.29. The SMILES string of the molecule is O=C(Nc1ccc2cc1CCc1cncc(c1)Nc1ncc(Cl)c(n1)N2)N[C@H]1CCN(C(=O)c2ccno2)C1. The fourth-order valence-corrected chi connectivity index (χ4v) is 4.78. The first-order valence-electron chi connectivity index (χ1n) is 12.4. The maximum absolute atomic E-state index is 12.9. The minimum atomic E-state index is -0.342. The van der Waals surface area contributed by atoms with Crippen LogP contribution >= 0.6 is 11.6 Å². The fourth-order valence-electron chi connectivity index (χ4n) is 4.64. The number of likely N-dealkylation sites (tertiary alicyclic amines) is 1. The molecule has 1 aromatic carbocycles. The quantitative estimate of drug-likeness (QED) is 0.298. The van der Waals surface area contributed by atoms with E-state index < -0.39 is 0 Å². The third-order valence-corrected chi connectivity index (χ3v) is 6.83. The van der Waals surface area contributed by atoms with Crippen molar-refractivity contribution in [3.05, 3.63) is 77.0 Å². The number of amides is 3. The van der Waals surface area contributed by atoms with Gasteiger partial charge in [-0.3, -0.25) is 9.78 Å². The van der Waals surface area contributed by atoms with Gasteiger partial charge in [-0.05, 0) is 54.7 Å². The molecule has 4 N–H and O–H groups in total. The number of hydrogen-bond acceptors (Lipinski definition) is 9. The molecule has 0 radical (unpaired) electrons. The van der Waals surface area contributed by atoms with Crippen molar-refractivity contribution in [2.45, 2.75) is 25.3 Å². The second-order valence-corrected chi connectivity index (χ2v) is 9.71. The van der Waals surface area contributed by atoms with Gasteiger partial charge in [0.1, 0.15) is 5.02 Å². The topological polar surface area (TPSA) is 150 Å². The fraction of sp³-hybridized carbons (Fsp3) is 0.231. The van der Waals surface area contributed by atoms with Gasteiger partial charge in [-0.1, -0.05) is 16.8 Å². The first-order chi connectivity index (χ1) is 19.0. The molecule has 3 aromatic heterocycles. The molecule has 0 spiro atoms. The molecule has 0 unspecified atom stereocenters. The lowest BCUT2D eigenvalue weighted by Crippen LogP contribution is -2.40. The third kappa shape index (κ3) is 5.60. The summed E-state index contributed by atoms with van der Waals surface area (Å²) in [4.78, 5) is 40.2. The van der Waals surface area contributed by atoms with Crippen LogP contribution in [-0.4, -0.2) is 56.1 Å². The Labute approximate surface area is 228 Å². The number of aromatic nitrogens is 4. The van der Waals surface area contributed by atoms with Gasteiger partial charge in [0.05, 0.1) is 24.3 Å². The zero-order chi connectivity index (χ0) is 26.8. The van der Waals surface area contributed by atoms with E-state index in [1.54, 1.807) is 11.1 Å². The van der Waals surface area contributed by atoms with E-state index in [0.29, 0.717) is 54.8 Å². The Hall–Kier alpha value is -4.71. The smallest absolute Gasteiger partial charge is 0.319 e. The zero-order valence-corrected chi connectivity index (χ0v) is 21.4. The summed E-state index contributed by atoms with van der Waals surface area (Å²) < 4.78 is 4.97. The summed E-state index contributed by atoms with van der Waals surface area (Å²) in [5.41, 5.74) is 4.15. The number of nitrogens with one attached hydrogen (secondary N) is 4. The van der Waals surface area contributed by atoms with E-state index in [2.05, 4.69) is 41.4 Å². The molecule has 2 aliphatic heterocycles. The highest BCUT2D eigenvalue weighted by atomic mass is 35.5. The Morgan fingerprint density at radius 2 is 2.00 bits per heavy atom. The first-order valence-corrected chi connectivity index (χ1v) is 12.8. The summed E-state index contributed by atoms with van der Waals surface area (Å²) in [6.07, 6.45) is 8.46. The number of nitrogens with zero attached hydrogens (tertiary/aromatic N) is 5. The summed E-state index contributed by atoms with van der Waals surface area (Å²) in [7, 11) is 0. The standard InChI is InChI=1S/C26H24ClN9O3/c27-20-13-29-25-32-19-9-15(11-28-12-19)1-2-16-10-17(31-23(20)35-25)3-4-21(16)34-26(38)33-18-6-8-36(14-18)24(37)22-5-7-30-39-22/h3-5,7,9-13,18H,1-2,6,8,14H2,(H2,33,34,38)(H2,29,31,32,35)/t18-/m0/s1. The van der Waals surface area contributed by atoms with Gasteiger partial charge in [-0.15, -0.1) is 0 Å². The molecule has 0 saturated carbocycles. The molecule has 2 aliphatic rings. The highest BCUT2D eigenvalue weighted by molar-refractivity contribution is 6.32. The van der Waals surface area contributed by atoms with Crippen LogP contribution in [0.4, 0.5) is 33.6 Å². The van der Waals surface area contributed by atoms with Gasteiger partial charge < -0.3 is 30.7 Å². The second kappa shape index (κ2) is 10.6. The largest absolute Gasteiger partial charge is 0.351 e. The Kier molecular flexibility index (Phi) is 6.68. The summed E-state index contributed by atoms with van der Waals surface area (Å²) in [5, 5.41) is 16.3. The van der Waals surface area contributed by atoms with E-state index in [1.165, 1.54) is 18.5 Å². The lowest BCUT2D eigenvalue weighted by atomic mass is 10.0. The predicted molar refractivity (Wildman–Crippen MR) is 145 cm³/mol. The molecule has 0 aliphatic carbocycles. The normalized spacial score (nSPS) is 16.1. The van der Waals surface area contributed by atoms with Crippen molar-refractivity contribution in [3.8, 4) is 0 Å². The molecule has 1 fully saturated rings. The first kappa shape index (κ1) is 24.6. The van der Waals surface area contributed by atoms with Crippen LogP contribution in [0.5, 0.6) is 0 Å². The summed E-state index contributed by atoms with van der Waals surface area (Å²) >= 11 is 6.35. The lowest BCUT2D eigenvalue weighted by Gasteiger charge is -2.18. The summed E-state index contributed by atoms with van der Waals surface area (Å²) in [6, 6.07) is 8.65. The van der Waals surface area contributed by atoms with Crippen LogP contribution in [0.25, 0.3) is 0 Å². The Morgan fingerprint density at radius 1 is 1.08 bits per heavy atom. The van der Waals surface area contributed by atoms with Gasteiger partial charge in [-0.2, -0.15) is 4.98 Å². The molecule has 5 heterocycles. The number of rotatable bonds is 3. The number of fused-ring (bicyclic) bond motifs is 6. The minimum absolute atomic E-state index is 0.182. The maximum Gasteiger partial charge on any atom is 0.319 e. The van der Waals surface area contributed by atoms with Crippen LogP contribution in [0, 0.1) is 0 Å². The van der Waals surface area contributed by atoms with E-state index in [9.17, 15) is 9.59 Å². The number of halogens is 1.